The number of carboxylic acid groups (broad SMARTS) is 1. The van der Waals surface area contributed by atoms with Gasteiger partial charge in [0.05, 0.1) is 17.7 Å². The van der Waals surface area contributed by atoms with Gasteiger partial charge in [-0.25, -0.2) is 4.79 Å². The van der Waals surface area contributed by atoms with Crippen LogP contribution in [0.1, 0.15) is 44.0 Å². The third-order valence-electron chi connectivity index (χ3n) is 6.13. The lowest BCUT2D eigenvalue weighted by molar-refractivity contribution is -0.0695. The molecule has 1 atom stereocenters. The summed E-state index contributed by atoms with van der Waals surface area (Å²) in [6, 6.07) is 5.70. The highest BCUT2D eigenvalue weighted by Crippen LogP contribution is 2.50. The Morgan fingerprint density at radius 1 is 1.24 bits per heavy atom. The molecule has 2 aliphatic rings. The summed E-state index contributed by atoms with van der Waals surface area (Å²) in [5, 5.41) is 13.5. The van der Waals surface area contributed by atoms with Crippen LogP contribution < -0.4 is 4.74 Å². The molecule has 154 valence electrons. The van der Waals surface area contributed by atoms with Gasteiger partial charge in [0.15, 0.2) is 5.78 Å². The minimum Gasteiger partial charge on any atom is -0.486 e. The molecular formula is C22H27N3O4. The smallest absolute Gasteiger partial charge is 0.407 e. The second-order valence-corrected chi connectivity index (χ2v) is 9.21. The van der Waals surface area contributed by atoms with Gasteiger partial charge >= 0.3 is 6.09 Å². The molecule has 1 spiro atoms. The van der Waals surface area contributed by atoms with E-state index in [0.717, 1.165) is 11.1 Å². The largest absolute Gasteiger partial charge is 0.486 e. The van der Waals surface area contributed by atoms with Crippen LogP contribution in [0.5, 0.6) is 5.75 Å². The summed E-state index contributed by atoms with van der Waals surface area (Å²) in [6.45, 7) is 6.91. The molecule has 1 N–H and O–H groups in total. The zero-order valence-electron chi connectivity index (χ0n) is 17.3. The van der Waals surface area contributed by atoms with Crippen LogP contribution in [0.15, 0.2) is 30.6 Å². The number of rotatable bonds is 1. The van der Waals surface area contributed by atoms with Gasteiger partial charge in [-0.1, -0.05) is 26.8 Å². The van der Waals surface area contributed by atoms with Crippen LogP contribution in [0.4, 0.5) is 4.79 Å². The second kappa shape index (κ2) is 6.61. The summed E-state index contributed by atoms with van der Waals surface area (Å²) in [7, 11) is 1.86. The molecule has 0 bridgehead atoms. The van der Waals surface area contributed by atoms with Crippen LogP contribution in [0, 0.1) is 11.3 Å². The Balaban J connectivity index is 1.75. The normalized spacial score (nSPS) is 21.0. The molecule has 1 saturated heterocycles. The van der Waals surface area contributed by atoms with E-state index < -0.39 is 11.7 Å². The summed E-state index contributed by atoms with van der Waals surface area (Å²) >= 11 is 0. The summed E-state index contributed by atoms with van der Waals surface area (Å²) < 4.78 is 8.27. The predicted octanol–water partition coefficient (Wildman–Crippen LogP) is 3.84. The Kier molecular flexibility index (Phi) is 4.44. The fourth-order valence-electron chi connectivity index (χ4n) is 4.88. The lowest BCUT2D eigenvalue weighted by Crippen LogP contribution is -2.60. The molecule has 1 fully saturated rings. The summed E-state index contributed by atoms with van der Waals surface area (Å²) in [4.78, 5) is 26.5. The van der Waals surface area contributed by atoms with Gasteiger partial charge in [0.25, 0.3) is 0 Å². The number of carbonyl (C=O) groups is 2. The standard InChI is InChI=1S/C22H27N3O4/c1-21(2,3)19-18(26)16-11-14(15-12-23-24(4)13-15)5-6-17(16)29-22(19)7-9-25(10-8-22)20(27)28/h5-6,11-13,19H,7-10H2,1-4H3,(H,27,28). The molecule has 0 saturated carbocycles. The molecule has 29 heavy (non-hydrogen) atoms. The van der Waals surface area contributed by atoms with E-state index in [1.165, 1.54) is 4.90 Å². The molecule has 2 aromatic rings. The van der Waals surface area contributed by atoms with Crippen LogP contribution in [0.3, 0.4) is 0 Å². The van der Waals surface area contributed by atoms with Crippen LogP contribution in [0.2, 0.25) is 0 Å². The Morgan fingerprint density at radius 3 is 2.48 bits per heavy atom. The maximum Gasteiger partial charge on any atom is 0.407 e. The van der Waals surface area contributed by atoms with E-state index in [4.69, 9.17) is 4.74 Å². The fourth-order valence-corrected chi connectivity index (χ4v) is 4.88. The number of amides is 1. The Labute approximate surface area is 170 Å². The number of likely N-dealkylation sites (tertiary alicyclic amines) is 1. The van der Waals surface area contributed by atoms with Crippen molar-refractivity contribution in [1.82, 2.24) is 14.7 Å². The van der Waals surface area contributed by atoms with Crippen molar-refractivity contribution in [2.45, 2.75) is 39.2 Å². The van der Waals surface area contributed by atoms with Crippen molar-refractivity contribution in [2.24, 2.45) is 18.4 Å². The van der Waals surface area contributed by atoms with Gasteiger partial charge < -0.3 is 14.7 Å². The molecule has 4 rings (SSSR count). The van der Waals surface area contributed by atoms with E-state index in [1.807, 2.05) is 31.4 Å². The highest BCUT2D eigenvalue weighted by atomic mass is 16.5. The number of aryl methyl sites for hydroxylation is 1. The SMILES string of the molecule is Cn1cc(-c2ccc3c(c2)C(=O)C(C(C)(C)C)C2(CCN(C(=O)O)CC2)O3)cn1. The number of carbonyl (C=O) groups excluding carboxylic acids is 1. The van der Waals surface area contributed by atoms with Gasteiger partial charge in [-0.3, -0.25) is 9.48 Å². The minimum atomic E-state index is -0.921. The van der Waals surface area contributed by atoms with Crippen molar-refractivity contribution in [3.8, 4) is 16.9 Å². The van der Waals surface area contributed by atoms with Gasteiger partial charge in [0.2, 0.25) is 0 Å². The maximum atomic E-state index is 13.7. The number of piperidine rings is 1. The van der Waals surface area contributed by atoms with E-state index in [9.17, 15) is 14.7 Å². The van der Waals surface area contributed by atoms with Crippen molar-refractivity contribution in [3.63, 3.8) is 0 Å². The van der Waals surface area contributed by atoms with E-state index in [0.29, 0.717) is 37.2 Å². The van der Waals surface area contributed by atoms with E-state index in [1.54, 1.807) is 10.9 Å². The quantitative estimate of drug-likeness (QED) is 0.790. The molecule has 3 heterocycles. The molecule has 7 heteroatoms. The number of nitrogens with zero attached hydrogens (tertiary/aromatic N) is 3. The van der Waals surface area contributed by atoms with Crippen LogP contribution in [-0.2, 0) is 7.05 Å². The summed E-state index contributed by atoms with van der Waals surface area (Å²) in [5.41, 5.74) is 1.48. The van der Waals surface area contributed by atoms with Crippen LogP contribution in [0.25, 0.3) is 11.1 Å². The molecule has 1 aromatic carbocycles. The number of Topliss-reactive ketones (excluding diaryl/α,β-unsaturated/α-hetero) is 1. The first-order valence-electron chi connectivity index (χ1n) is 9.95. The zero-order chi connectivity index (χ0) is 21.0. The van der Waals surface area contributed by atoms with Crippen molar-refractivity contribution in [3.05, 3.63) is 36.2 Å². The summed E-state index contributed by atoms with van der Waals surface area (Å²) in [5.74, 6) is 0.322. The second-order valence-electron chi connectivity index (χ2n) is 9.21. The van der Waals surface area contributed by atoms with Gasteiger partial charge in [0.1, 0.15) is 11.4 Å². The monoisotopic (exact) mass is 397 g/mol. The van der Waals surface area contributed by atoms with Gasteiger partial charge in [-0.2, -0.15) is 5.10 Å². The highest BCUT2D eigenvalue weighted by Gasteiger charge is 2.55. The van der Waals surface area contributed by atoms with Crippen LogP contribution in [-0.4, -0.2) is 50.4 Å². The molecule has 1 unspecified atom stereocenters. The van der Waals surface area contributed by atoms with E-state index >= 15 is 0 Å². The lowest BCUT2D eigenvalue weighted by Gasteiger charge is -2.52. The summed E-state index contributed by atoms with van der Waals surface area (Å²) in [6.07, 6.45) is 3.80. The van der Waals surface area contributed by atoms with Gasteiger partial charge in [-0.15, -0.1) is 0 Å². The molecule has 1 amide bonds. The van der Waals surface area contributed by atoms with E-state index in [2.05, 4.69) is 25.9 Å². The average molecular weight is 397 g/mol. The molecule has 2 aliphatic heterocycles. The van der Waals surface area contributed by atoms with Gasteiger partial charge in [0, 0.05) is 44.7 Å². The third kappa shape index (κ3) is 3.28. The number of ether oxygens (including phenoxy) is 1. The van der Waals surface area contributed by atoms with Crippen LogP contribution >= 0.6 is 0 Å². The number of hydrogen-bond donors (Lipinski definition) is 1. The highest BCUT2D eigenvalue weighted by molar-refractivity contribution is 6.03. The van der Waals surface area contributed by atoms with Crippen molar-refractivity contribution in [1.29, 1.82) is 0 Å². The number of hydrogen-bond acceptors (Lipinski definition) is 4. The topological polar surface area (TPSA) is 84.7 Å². The van der Waals surface area contributed by atoms with Crippen molar-refractivity contribution >= 4 is 11.9 Å². The lowest BCUT2D eigenvalue weighted by atomic mass is 9.62. The van der Waals surface area contributed by atoms with Crippen molar-refractivity contribution < 1.29 is 19.4 Å². The van der Waals surface area contributed by atoms with Crippen molar-refractivity contribution in [2.75, 3.05) is 13.1 Å². The molecule has 0 radical (unpaired) electrons. The number of fused-ring (bicyclic) bond motifs is 1. The predicted molar refractivity (Wildman–Crippen MR) is 108 cm³/mol. The first-order chi connectivity index (χ1) is 13.6. The number of ketones is 1. The number of benzene rings is 1. The molecule has 7 nitrogen and oxygen atoms in total. The van der Waals surface area contributed by atoms with Gasteiger partial charge in [-0.05, 0) is 23.1 Å². The number of aromatic nitrogens is 2. The average Bonchev–Trinajstić information content (AvgIpc) is 3.07. The first kappa shape index (κ1) is 19.5. The minimum absolute atomic E-state index is 0.0771. The third-order valence-corrected chi connectivity index (χ3v) is 6.13. The zero-order valence-corrected chi connectivity index (χ0v) is 17.3. The molecule has 1 aromatic heterocycles. The maximum absolute atomic E-state index is 13.7. The fraction of sp³-hybridized carbons (Fsp3) is 0.500. The Morgan fingerprint density at radius 2 is 1.93 bits per heavy atom. The molecular weight excluding hydrogens is 370 g/mol. The Hall–Kier alpha value is -2.83. The molecule has 0 aliphatic carbocycles. The van der Waals surface area contributed by atoms with E-state index in [-0.39, 0.29) is 17.1 Å². The first-order valence-corrected chi connectivity index (χ1v) is 9.95. The Bertz CT molecular complexity index is 965.